The maximum atomic E-state index is 12.7. The van der Waals surface area contributed by atoms with Crippen molar-refractivity contribution in [2.24, 2.45) is 0 Å². The van der Waals surface area contributed by atoms with E-state index in [-0.39, 0.29) is 26.4 Å². The van der Waals surface area contributed by atoms with Crippen LogP contribution in [0.25, 0.3) is 43.1 Å². The molecule has 6 heteroatoms. The minimum atomic E-state index is -0.394. The summed E-state index contributed by atoms with van der Waals surface area (Å²) in [6.45, 7) is 0.542. The van der Waals surface area contributed by atoms with E-state index in [1.807, 2.05) is 121 Å². The third-order valence-electron chi connectivity index (χ3n) is 7.93. The van der Waals surface area contributed by atoms with E-state index in [0.717, 1.165) is 43.1 Å². The first-order valence-electron chi connectivity index (χ1n) is 15.2. The molecule has 0 aliphatic carbocycles. The highest BCUT2D eigenvalue weighted by atomic mass is 16.6. The summed E-state index contributed by atoms with van der Waals surface area (Å²) in [7, 11) is 0. The van der Waals surface area contributed by atoms with Crippen LogP contribution in [0, 0.1) is 0 Å². The van der Waals surface area contributed by atoms with Gasteiger partial charge in [-0.3, -0.25) is 0 Å². The summed E-state index contributed by atoms with van der Waals surface area (Å²) in [6.07, 6.45) is 0. The minimum absolute atomic E-state index is 0.0924. The standard InChI is InChI=1S/C40H30O6/c41-39(31-19-17-27-9-1-3-11-29(27)25-31)45-23-21-43-37-33-13-5-7-15-35(33)38(36-16-8-6-14-34(36)37)44-22-24-46-40(42)32-20-18-28-10-2-4-12-30(28)26-32/h1-20,25-26H,21-24H2. The topological polar surface area (TPSA) is 71.1 Å². The Bertz CT molecular complexity index is 2010. The second-order valence-electron chi connectivity index (χ2n) is 10.8. The maximum absolute atomic E-state index is 12.7. The van der Waals surface area contributed by atoms with Crippen LogP contribution in [0.2, 0.25) is 0 Å². The summed E-state index contributed by atoms with van der Waals surface area (Å²) < 4.78 is 23.7. The van der Waals surface area contributed by atoms with Crippen molar-refractivity contribution < 1.29 is 28.5 Å². The molecule has 0 heterocycles. The quantitative estimate of drug-likeness (QED) is 0.0881. The van der Waals surface area contributed by atoms with E-state index in [0.29, 0.717) is 22.6 Å². The number of esters is 2. The number of fused-ring (bicyclic) bond motifs is 4. The normalized spacial score (nSPS) is 11.1. The van der Waals surface area contributed by atoms with Crippen molar-refractivity contribution in [1.82, 2.24) is 0 Å². The highest BCUT2D eigenvalue weighted by molar-refractivity contribution is 6.11. The molecule has 0 atom stereocenters. The summed E-state index contributed by atoms with van der Waals surface area (Å²) in [6, 6.07) is 42.5. The van der Waals surface area contributed by atoms with Crippen molar-refractivity contribution in [2.45, 2.75) is 0 Å². The van der Waals surface area contributed by atoms with Gasteiger partial charge in [-0.05, 0) is 45.8 Å². The lowest BCUT2D eigenvalue weighted by molar-refractivity contribution is 0.0443. The number of hydrogen-bond donors (Lipinski definition) is 0. The Morgan fingerprint density at radius 1 is 0.391 bits per heavy atom. The fourth-order valence-corrected chi connectivity index (χ4v) is 5.71. The van der Waals surface area contributed by atoms with Gasteiger partial charge in [0.05, 0.1) is 11.1 Å². The van der Waals surface area contributed by atoms with Crippen LogP contribution in [-0.2, 0) is 9.47 Å². The first-order chi connectivity index (χ1) is 22.7. The van der Waals surface area contributed by atoms with Crippen molar-refractivity contribution in [3.05, 3.63) is 145 Å². The van der Waals surface area contributed by atoms with Crippen molar-refractivity contribution >= 4 is 55.0 Å². The summed E-state index contributed by atoms with van der Waals surface area (Å²) >= 11 is 0. The van der Waals surface area contributed by atoms with Gasteiger partial charge in [-0.25, -0.2) is 9.59 Å². The molecule has 6 nitrogen and oxygen atoms in total. The molecule has 0 saturated carbocycles. The molecule has 0 radical (unpaired) electrons. The zero-order valence-electron chi connectivity index (χ0n) is 25.0. The van der Waals surface area contributed by atoms with Gasteiger partial charge in [0.1, 0.15) is 37.9 Å². The molecule has 0 unspecified atom stereocenters. The number of carbonyl (C=O) groups is 2. The van der Waals surface area contributed by atoms with Crippen LogP contribution in [0.15, 0.2) is 133 Å². The molecule has 0 spiro atoms. The third kappa shape index (κ3) is 5.93. The van der Waals surface area contributed by atoms with Crippen LogP contribution in [0.1, 0.15) is 20.7 Å². The van der Waals surface area contributed by atoms with Gasteiger partial charge >= 0.3 is 11.9 Å². The molecule has 0 aromatic heterocycles. The van der Waals surface area contributed by atoms with E-state index in [4.69, 9.17) is 18.9 Å². The van der Waals surface area contributed by atoms with Gasteiger partial charge in [0.2, 0.25) is 0 Å². The number of hydrogen-bond acceptors (Lipinski definition) is 6. The lowest BCUT2D eigenvalue weighted by Crippen LogP contribution is -2.13. The van der Waals surface area contributed by atoms with Gasteiger partial charge in [0, 0.05) is 21.5 Å². The lowest BCUT2D eigenvalue weighted by Gasteiger charge is -2.18. The fourth-order valence-electron chi connectivity index (χ4n) is 5.71. The van der Waals surface area contributed by atoms with Gasteiger partial charge in [-0.2, -0.15) is 0 Å². The van der Waals surface area contributed by atoms with E-state index in [1.54, 1.807) is 12.1 Å². The number of carbonyl (C=O) groups excluding carboxylic acids is 2. The van der Waals surface area contributed by atoms with E-state index in [2.05, 4.69) is 0 Å². The second kappa shape index (κ2) is 13.0. The van der Waals surface area contributed by atoms with E-state index < -0.39 is 11.9 Å². The SMILES string of the molecule is O=C(OCCOc1c2ccccc2c(OCCOC(=O)c2ccc3ccccc3c2)c2ccccc12)c1ccc2ccccc2c1. The molecule has 7 aromatic rings. The third-order valence-corrected chi connectivity index (χ3v) is 7.93. The Kier molecular flexibility index (Phi) is 8.16. The number of rotatable bonds is 10. The molecule has 0 fully saturated rings. The Hall–Kier alpha value is -5.88. The summed E-state index contributed by atoms with van der Waals surface area (Å²) in [5.41, 5.74) is 0.998. The molecular formula is C40H30O6. The Morgan fingerprint density at radius 3 is 1.13 bits per heavy atom. The number of ether oxygens (including phenoxy) is 4. The minimum Gasteiger partial charge on any atom is -0.489 e. The van der Waals surface area contributed by atoms with Crippen molar-refractivity contribution in [2.75, 3.05) is 26.4 Å². The molecule has 0 aliphatic rings. The predicted octanol–water partition coefficient (Wildman–Crippen LogP) is 8.77. The Morgan fingerprint density at radius 2 is 0.739 bits per heavy atom. The molecule has 0 bridgehead atoms. The summed E-state index contributed by atoms with van der Waals surface area (Å²) in [4.78, 5) is 25.5. The molecule has 0 saturated heterocycles. The van der Waals surface area contributed by atoms with Gasteiger partial charge in [0.25, 0.3) is 0 Å². The smallest absolute Gasteiger partial charge is 0.338 e. The number of benzene rings is 7. The van der Waals surface area contributed by atoms with Crippen molar-refractivity contribution in [3.63, 3.8) is 0 Å². The highest BCUT2D eigenvalue weighted by Gasteiger charge is 2.17. The Balaban J connectivity index is 1.03. The molecular weight excluding hydrogens is 576 g/mol. The molecule has 0 N–H and O–H groups in total. The van der Waals surface area contributed by atoms with Crippen molar-refractivity contribution in [1.29, 1.82) is 0 Å². The monoisotopic (exact) mass is 606 g/mol. The van der Waals surface area contributed by atoms with Crippen LogP contribution < -0.4 is 9.47 Å². The van der Waals surface area contributed by atoms with Crippen LogP contribution in [-0.4, -0.2) is 38.4 Å². The average molecular weight is 607 g/mol. The molecule has 0 aliphatic heterocycles. The summed E-state index contributed by atoms with van der Waals surface area (Å²) in [5, 5.41) is 7.56. The average Bonchev–Trinajstić information content (AvgIpc) is 3.11. The van der Waals surface area contributed by atoms with Crippen molar-refractivity contribution in [3.8, 4) is 11.5 Å². The first-order valence-corrected chi connectivity index (χ1v) is 15.2. The largest absolute Gasteiger partial charge is 0.489 e. The van der Waals surface area contributed by atoms with E-state index >= 15 is 0 Å². The molecule has 226 valence electrons. The molecule has 7 aromatic carbocycles. The summed E-state index contributed by atoms with van der Waals surface area (Å²) in [5.74, 6) is 0.578. The van der Waals surface area contributed by atoms with Crippen LogP contribution in [0.3, 0.4) is 0 Å². The Labute approximate surface area is 265 Å². The predicted molar refractivity (Wildman–Crippen MR) is 181 cm³/mol. The van der Waals surface area contributed by atoms with Crippen LogP contribution in [0.4, 0.5) is 0 Å². The lowest BCUT2D eigenvalue weighted by atomic mass is 10.0. The second-order valence-corrected chi connectivity index (χ2v) is 10.8. The van der Waals surface area contributed by atoms with Gasteiger partial charge in [-0.15, -0.1) is 0 Å². The van der Waals surface area contributed by atoms with Gasteiger partial charge < -0.3 is 18.9 Å². The van der Waals surface area contributed by atoms with Gasteiger partial charge in [0.15, 0.2) is 0 Å². The zero-order chi connectivity index (χ0) is 31.3. The van der Waals surface area contributed by atoms with E-state index in [9.17, 15) is 9.59 Å². The van der Waals surface area contributed by atoms with Crippen LogP contribution >= 0.6 is 0 Å². The molecule has 7 rings (SSSR count). The van der Waals surface area contributed by atoms with Crippen LogP contribution in [0.5, 0.6) is 11.5 Å². The van der Waals surface area contributed by atoms with E-state index in [1.165, 1.54) is 0 Å². The molecule has 46 heavy (non-hydrogen) atoms. The first kappa shape index (κ1) is 28.9. The molecule has 0 amide bonds. The fraction of sp³-hybridized carbons (Fsp3) is 0.100. The van der Waals surface area contributed by atoms with Gasteiger partial charge in [-0.1, -0.05) is 109 Å². The zero-order valence-corrected chi connectivity index (χ0v) is 25.0. The highest BCUT2D eigenvalue weighted by Crippen LogP contribution is 2.42. The maximum Gasteiger partial charge on any atom is 0.338 e.